The fourth-order valence-corrected chi connectivity index (χ4v) is 3.52. The molecule has 0 aliphatic heterocycles. The number of H-pyrrole nitrogens is 1. The van der Waals surface area contributed by atoms with Gasteiger partial charge in [0, 0.05) is 17.1 Å². The van der Waals surface area contributed by atoms with E-state index < -0.39 is 0 Å². The summed E-state index contributed by atoms with van der Waals surface area (Å²) < 4.78 is 9.96. The van der Waals surface area contributed by atoms with Crippen molar-refractivity contribution < 1.29 is 4.42 Å². The molecule has 0 radical (unpaired) electrons. The molecule has 3 heterocycles. The summed E-state index contributed by atoms with van der Waals surface area (Å²) in [5, 5.41) is 17.1. The zero-order valence-electron chi connectivity index (χ0n) is 16.2. The number of aromatic nitrogens is 5. The van der Waals surface area contributed by atoms with Crippen molar-refractivity contribution in [2.24, 2.45) is 5.10 Å². The fraction of sp³-hybridized carbons (Fsp3) is 0.0909. The van der Waals surface area contributed by atoms with Crippen molar-refractivity contribution in [1.82, 2.24) is 24.7 Å². The second kappa shape index (κ2) is 7.57. The molecule has 0 saturated carbocycles. The first kappa shape index (κ1) is 18.3. The minimum absolute atomic E-state index is 0.436. The first-order chi connectivity index (χ1) is 14.7. The standard InChI is InChI=1S/C22H18N6OS/c1-15-24-25-22(30)28(15)23-12-18-14-27(13-16-7-3-2-4-8-16)26-21(18)20-11-17-9-5-6-10-19(17)29-20/h2-12,14H,13H2,1H3,(H,25,30)/b23-12-. The van der Waals surface area contributed by atoms with Gasteiger partial charge < -0.3 is 4.42 Å². The number of aromatic amines is 1. The van der Waals surface area contributed by atoms with Gasteiger partial charge in [0.2, 0.25) is 4.77 Å². The third-order valence-corrected chi connectivity index (χ3v) is 5.03. The predicted molar refractivity (Wildman–Crippen MR) is 118 cm³/mol. The summed E-state index contributed by atoms with van der Waals surface area (Å²) in [5.74, 6) is 1.37. The van der Waals surface area contributed by atoms with Gasteiger partial charge in [0.05, 0.1) is 12.8 Å². The normalized spacial score (nSPS) is 11.6. The van der Waals surface area contributed by atoms with Crippen LogP contribution in [0.2, 0.25) is 0 Å². The van der Waals surface area contributed by atoms with Gasteiger partial charge in [-0.3, -0.25) is 9.78 Å². The van der Waals surface area contributed by atoms with E-state index in [-0.39, 0.29) is 0 Å². The van der Waals surface area contributed by atoms with Gasteiger partial charge in [-0.05, 0) is 36.8 Å². The van der Waals surface area contributed by atoms with E-state index in [0.29, 0.717) is 22.9 Å². The molecule has 30 heavy (non-hydrogen) atoms. The number of rotatable bonds is 5. The highest BCUT2D eigenvalue weighted by atomic mass is 32.1. The van der Waals surface area contributed by atoms with Crippen LogP contribution in [0.25, 0.3) is 22.4 Å². The molecule has 1 N–H and O–H groups in total. The minimum Gasteiger partial charge on any atom is -0.454 e. The van der Waals surface area contributed by atoms with Crippen LogP contribution in [0.4, 0.5) is 0 Å². The maximum Gasteiger partial charge on any atom is 0.216 e. The largest absolute Gasteiger partial charge is 0.454 e. The molecule has 0 spiro atoms. The molecule has 0 amide bonds. The maximum absolute atomic E-state index is 6.06. The zero-order valence-corrected chi connectivity index (χ0v) is 17.0. The number of hydrogen-bond acceptors (Lipinski definition) is 5. The Balaban J connectivity index is 1.59. The van der Waals surface area contributed by atoms with Crippen molar-refractivity contribution in [2.75, 3.05) is 0 Å². The summed E-state index contributed by atoms with van der Waals surface area (Å²) in [5.41, 5.74) is 3.53. The van der Waals surface area contributed by atoms with Crippen LogP contribution in [0.15, 0.2) is 76.4 Å². The lowest BCUT2D eigenvalue weighted by Crippen LogP contribution is -1.99. The van der Waals surface area contributed by atoms with E-state index in [1.807, 2.05) is 66.3 Å². The van der Waals surface area contributed by atoms with E-state index in [2.05, 4.69) is 27.4 Å². The topological polar surface area (TPSA) is 76.9 Å². The summed E-state index contributed by atoms with van der Waals surface area (Å²) >= 11 is 5.24. The van der Waals surface area contributed by atoms with Crippen LogP contribution >= 0.6 is 12.2 Å². The summed E-state index contributed by atoms with van der Waals surface area (Å²) in [6.45, 7) is 2.48. The SMILES string of the molecule is Cc1n[nH]c(=S)n1/N=C\c1cn(Cc2ccccc2)nc1-c1cc2ccccc2o1. The Kier molecular flexibility index (Phi) is 4.61. The molecule has 148 valence electrons. The van der Waals surface area contributed by atoms with E-state index in [4.69, 9.17) is 21.7 Å². The summed E-state index contributed by atoms with van der Waals surface area (Å²) in [4.78, 5) is 0. The predicted octanol–water partition coefficient (Wildman–Crippen LogP) is 4.79. The smallest absolute Gasteiger partial charge is 0.216 e. The molecular weight excluding hydrogens is 396 g/mol. The number of furan rings is 1. The quantitative estimate of drug-likeness (QED) is 0.331. The van der Waals surface area contributed by atoms with Crippen LogP contribution in [0.1, 0.15) is 17.0 Å². The van der Waals surface area contributed by atoms with Gasteiger partial charge in [0.1, 0.15) is 17.1 Å². The molecule has 5 aromatic rings. The average molecular weight is 414 g/mol. The van der Waals surface area contributed by atoms with Crippen molar-refractivity contribution in [3.8, 4) is 11.5 Å². The zero-order chi connectivity index (χ0) is 20.5. The summed E-state index contributed by atoms with van der Waals surface area (Å²) in [7, 11) is 0. The highest BCUT2D eigenvalue weighted by molar-refractivity contribution is 7.71. The number of benzene rings is 2. The molecule has 7 nitrogen and oxygen atoms in total. The number of fused-ring (bicyclic) bond motifs is 1. The second-order valence-electron chi connectivity index (χ2n) is 6.90. The van der Waals surface area contributed by atoms with Crippen molar-refractivity contribution >= 4 is 29.4 Å². The summed E-state index contributed by atoms with van der Waals surface area (Å²) in [6.07, 6.45) is 3.69. The Morgan fingerprint density at radius 2 is 1.93 bits per heavy atom. The number of nitrogens with zero attached hydrogens (tertiary/aromatic N) is 5. The van der Waals surface area contributed by atoms with Crippen LogP contribution < -0.4 is 0 Å². The van der Waals surface area contributed by atoms with Crippen LogP contribution in [-0.4, -0.2) is 30.9 Å². The molecule has 3 aromatic heterocycles. The number of nitrogens with one attached hydrogen (secondary N) is 1. The Morgan fingerprint density at radius 1 is 1.13 bits per heavy atom. The van der Waals surface area contributed by atoms with Gasteiger partial charge >= 0.3 is 0 Å². The fourth-order valence-electron chi connectivity index (χ4n) is 3.30. The highest BCUT2D eigenvalue weighted by Gasteiger charge is 2.15. The monoisotopic (exact) mass is 414 g/mol. The van der Waals surface area contributed by atoms with Crippen LogP contribution in [0, 0.1) is 11.7 Å². The highest BCUT2D eigenvalue weighted by Crippen LogP contribution is 2.28. The molecule has 0 atom stereocenters. The Hall–Kier alpha value is -3.78. The van der Waals surface area contributed by atoms with Gasteiger partial charge in [0.25, 0.3) is 0 Å². The van der Waals surface area contributed by atoms with E-state index in [9.17, 15) is 0 Å². The lowest BCUT2D eigenvalue weighted by Gasteiger charge is -2.00. The Bertz CT molecular complexity index is 1370. The van der Waals surface area contributed by atoms with Crippen molar-refractivity contribution in [2.45, 2.75) is 13.5 Å². The number of hydrogen-bond donors (Lipinski definition) is 1. The van der Waals surface area contributed by atoms with Crippen molar-refractivity contribution in [3.05, 3.63) is 88.6 Å². The number of aryl methyl sites for hydroxylation is 1. The Morgan fingerprint density at radius 3 is 2.70 bits per heavy atom. The molecule has 0 unspecified atom stereocenters. The van der Waals surface area contributed by atoms with E-state index in [1.165, 1.54) is 0 Å². The van der Waals surface area contributed by atoms with Crippen LogP contribution in [0.5, 0.6) is 0 Å². The lowest BCUT2D eigenvalue weighted by molar-refractivity contribution is 0.621. The van der Waals surface area contributed by atoms with Crippen molar-refractivity contribution in [1.29, 1.82) is 0 Å². The minimum atomic E-state index is 0.436. The third-order valence-electron chi connectivity index (χ3n) is 4.76. The number of para-hydroxylation sites is 1. The average Bonchev–Trinajstić information content (AvgIpc) is 3.44. The van der Waals surface area contributed by atoms with E-state index in [0.717, 1.165) is 27.8 Å². The first-order valence-electron chi connectivity index (χ1n) is 9.46. The Labute approximate surface area is 177 Å². The third kappa shape index (κ3) is 3.48. The lowest BCUT2D eigenvalue weighted by atomic mass is 10.2. The summed E-state index contributed by atoms with van der Waals surface area (Å²) in [6, 6.07) is 20.1. The van der Waals surface area contributed by atoms with Gasteiger partial charge in [-0.2, -0.15) is 20.0 Å². The molecule has 0 aliphatic carbocycles. The molecule has 2 aromatic carbocycles. The van der Waals surface area contributed by atoms with Crippen molar-refractivity contribution in [3.63, 3.8) is 0 Å². The molecule has 5 rings (SSSR count). The van der Waals surface area contributed by atoms with E-state index >= 15 is 0 Å². The first-order valence-corrected chi connectivity index (χ1v) is 9.87. The molecular formula is C22H18N6OS. The molecule has 0 aliphatic rings. The second-order valence-corrected chi connectivity index (χ2v) is 7.28. The molecule has 0 saturated heterocycles. The molecule has 8 heteroatoms. The van der Waals surface area contributed by atoms with Crippen LogP contribution in [-0.2, 0) is 6.54 Å². The maximum atomic E-state index is 6.06. The van der Waals surface area contributed by atoms with Gasteiger partial charge in [-0.1, -0.05) is 48.5 Å². The molecule has 0 fully saturated rings. The molecule has 0 bridgehead atoms. The van der Waals surface area contributed by atoms with Gasteiger partial charge in [-0.25, -0.2) is 0 Å². The van der Waals surface area contributed by atoms with E-state index in [1.54, 1.807) is 10.9 Å². The van der Waals surface area contributed by atoms with Gasteiger partial charge in [0.15, 0.2) is 5.76 Å². The van der Waals surface area contributed by atoms with Crippen LogP contribution in [0.3, 0.4) is 0 Å². The van der Waals surface area contributed by atoms with Gasteiger partial charge in [-0.15, -0.1) is 0 Å².